The van der Waals surface area contributed by atoms with Crippen LogP contribution in [0.3, 0.4) is 0 Å². The molecule has 7 heteroatoms. The van der Waals surface area contributed by atoms with Crippen molar-refractivity contribution in [3.8, 4) is 0 Å². The summed E-state index contributed by atoms with van der Waals surface area (Å²) in [5, 5.41) is 10.8. The highest BCUT2D eigenvalue weighted by molar-refractivity contribution is 5.94. The average molecular weight is 367 g/mol. The van der Waals surface area contributed by atoms with Crippen LogP contribution in [-0.4, -0.2) is 29.0 Å². The van der Waals surface area contributed by atoms with Gasteiger partial charge in [0.1, 0.15) is 5.82 Å². The van der Waals surface area contributed by atoms with Gasteiger partial charge < -0.3 is 10.0 Å². The number of carbonyl (C=O) groups excluding carboxylic acids is 1. The van der Waals surface area contributed by atoms with Gasteiger partial charge in [0.2, 0.25) is 0 Å². The molecule has 2 aromatic rings. The summed E-state index contributed by atoms with van der Waals surface area (Å²) in [6.07, 6.45) is -4.27. The Kier molecular flexibility index (Phi) is 4.75. The molecule has 1 N–H and O–H groups in total. The third-order valence-electron chi connectivity index (χ3n) is 4.68. The van der Waals surface area contributed by atoms with E-state index in [4.69, 9.17) is 0 Å². The minimum absolute atomic E-state index is 0.107. The fraction of sp³-hybridized carbons (Fsp3) is 0.316. The van der Waals surface area contributed by atoms with Crippen molar-refractivity contribution in [3.63, 3.8) is 0 Å². The maximum absolute atomic E-state index is 13.3. The highest BCUT2D eigenvalue weighted by atomic mass is 19.4. The van der Waals surface area contributed by atoms with E-state index >= 15 is 0 Å². The quantitative estimate of drug-likeness (QED) is 0.816. The van der Waals surface area contributed by atoms with Crippen molar-refractivity contribution in [2.75, 3.05) is 13.1 Å². The second kappa shape index (κ2) is 6.72. The summed E-state index contributed by atoms with van der Waals surface area (Å²) in [6, 6.07) is 9.93. The number of hydrogen-bond donors (Lipinski definition) is 1. The molecule has 1 aliphatic heterocycles. The van der Waals surface area contributed by atoms with Crippen molar-refractivity contribution in [3.05, 3.63) is 71.0 Å². The third-order valence-corrected chi connectivity index (χ3v) is 4.68. The number of piperidine rings is 1. The van der Waals surface area contributed by atoms with E-state index in [0.29, 0.717) is 0 Å². The zero-order valence-corrected chi connectivity index (χ0v) is 13.8. The number of benzene rings is 2. The monoisotopic (exact) mass is 367 g/mol. The van der Waals surface area contributed by atoms with Crippen LogP contribution in [-0.2, 0) is 11.8 Å². The van der Waals surface area contributed by atoms with E-state index in [1.807, 2.05) is 0 Å². The van der Waals surface area contributed by atoms with Crippen LogP contribution in [0.1, 0.15) is 34.3 Å². The summed E-state index contributed by atoms with van der Waals surface area (Å²) >= 11 is 0. The van der Waals surface area contributed by atoms with Crippen LogP contribution in [0, 0.1) is 5.82 Å². The predicted octanol–water partition coefficient (Wildman–Crippen LogP) is 3.97. The third kappa shape index (κ3) is 3.72. The molecule has 0 aliphatic carbocycles. The van der Waals surface area contributed by atoms with Crippen LogP contribution in [0.25, 0.3) is 0 Å². The molecule has 0 saturated carbocycles. The maximum Gasteiger partial charge on any atom is 0.416 e. The Labute approximate surface area is 147 Å². The summed E-state index contributed by atoms with van der Waals surface area (Å²) in [6.45, 7) is 0.337. The van der Waals surface area contributed by atoms with Gasteiger partial charge >= 0.3 is 6.18 Å². The molecule has 0 radical (unpaired) electrons. The fourth-order valence-corrected chi connectivity index (χ4v) is 3.16. The number of nitrogens with zero attached hydrogens (tertiary/aromatic N) is 1. The Morgan fingerprint density at radius 2 is 1.69 bits per heavy atom. The number of carbonyl (C=O) groups is 1. The Morgan fingerprint density at radius 3 is 2.31 bits per heavy atom. The lowest BCUT2D eigenvalue weighted by molar-refractivity contribution is -0.137. The Hall–Kier alpha value is -2.41. The van der Waals surface area contributed by atoms with Crippen molar-refractivity contribution < 1.29 is 27.5 Å². The van der Waals surface area contributed by atoms with Gasteiger partial charge in [0.15, 0.2) is 0 Å². The lowest BCUT2D eigenvalue weighted by Crippen LogP contribution is -2.45. The molecule has 1 amide bonds. The summed E-state index contributed by atoms with van der Waals surface area (Å²) in [5.41, 5.74) is -1.86. The highest BCUT2D eigenvalue weighted by Gasteiger charge is 2.38. The van der Waals surface area contributed by atoms with E-state index in [1.165, 1.54) is 35.2 Å². The smallest absolute Gasteiger partial charge is 0.385 e. The zero-order valence-electron chi connectivity index (χ0n) is 13.8. The molecule has 0 bridgehead atoms. The summed E-state index contributed by atoms with van der Waals surface area (Å²) in [5.74, 6) is -0.885. The number of amides is 1. The van der Waals surface area contributed by atoms with Crippen LogP contribution in [0.5, 0.6) is 0 Å². The number of rotatable bonds is 2. The summed E-state index contributed by atoms with van der Waals surface area (Å²) in [4.78, 5) is 13.9. The normalized spacial score (nSPS) is 17.2. The molecule has 0 unspecified atom stereocenters. The molecule has 1 fully saturated rings. The van der Waals surface area contributed by atoms with Crippen molar-refractivity contribution >= 4 is 5.91 Å². The van der Waals surface area contributed by atoms with Gasteiger partial charge in [0.05, 0.1) is 11.2 Å². The second-order valence-corrected chi connectivity index (χ2v) is 6.41. The molecule has 1 aliphatic rings. The van der Waals surface area contributed by atoms with E-state index in [9.17, 15) is 27.5 Å². The van der Waals surface area contributed by atoms with Crippen LogP contribution in [0.2, 0.25) is 0 Å². The molecule has 1 saturated heterocycles. The molecule has 1 heterocycles. The first-order valence-corrected chi connectivity index (χ1v) is 8.14. The predicted molar refractivity (Wildman–Crippen MR) is 86.9 cm³/mol. The van der Waals surface area contributed by atoms with Crippen LogP contribution >= 0.6 is 0 Å². The topological polar surface area (TPSA) is 40.5 Å². The number of likely N-dealkylation sites (tertiary alicyclic amines) is 1. The molecule has 0 aromatic heterocycles. The standard InChI is InChI=1S/C19H17F4NO2/c20-16-6-1-3-13(11-16)17(25)24-9-7-18(26,8-10-24)14-4-2-5-15(12-14)19(21,22)23/h1-6,11-12,26H,7-10H2. The van der Waals surface area contributed by atoms with E-state index in [0.717, 1.165) is 18.2 Å². The van der Waals surface area contributed by atoms with E-state index in [1.54, 1.807) is 0 Å². The molecule has 0 spiro atoms. The number of alkyl halides is 3. The number of halogens is 4. The lowest BCUT2D eigenvalue weighted by atomic mass is 9.83. The van der Waals surface area contributed by atoms with E-state index in [2.05, 4.69) is 0 Å². The first-order chi connectivity index (χ1) is 12.2. The first kappa shape index (κ1) is 18.4. The van der Waals surface area contributed by atoms with Gasteiger partial charge in [-0.15, -0.1) is 0 Å². The largest absolute Gasteiger partial charge is 0.416 e. The first-order valence-electron chi connectivity index (χ1n) is 8.14. The van der Waals surface area contributed by atoms with Crippen LogP contribution in [0.15, 0.2) is 48.5 Å². The van der Waals surface area contributed by atoms with Gasteiger partial charge in [0, 0.05) is 18.7 Å². The van der Waals surface area contributed by atoms with Crippen LogP contribution in [0.4, 0.5) is 17.6 Å². The Balaban J connectivity index is 1.74. The van der Waals surface area contributed by atoms with Gasteiger partial charge in [-0.05, 0) is 48.7 Å². The van der Waals surface area contributed by atoms with Crippen molar-refractivity contribution in [1.29, 1.82) is 0 Å². The summed E-state index contributed by atoms with van der Waals surface area (Å²) < 4.78 is 51.9. The molecule has 3 nitrogen and oxygen atoms in total. The minimum atomic E-state index is -4.49. The highest BCUT2D eigenvalue weighted by Crippen LogP contribution is 2.37. The number of hydrogen-bond acceptors (Lipinski definition) is 2. The Morgan fingerprint density at radius 1 is 1.04 bits per heavy atom. The Bertz CT molecular complexity index is 811. The summed E-state index contributed by atoms with van der Waals surface area (Å²) in [7, 11) is 0. The average Bonchev–Trinajstić information content (AvgIpc) is 2.61. The van der Waals surface area contributed by atoms with Gasteiger partial charge in [-0.25, -0.2) is 4.39 Å². The van der Waals surface area contributed by atoms with Crippen LogP contribution < -0.4 is 0 Å². The van der Waals surface area contributed by atoms with Gasteiger partial charge in [-0.1, -0.05) is 18.2 Å². The van der Waals surface area contributed by atoms with Crippen molar-refractivity contribution in [2.45, 2.75) is 24.6 Å². The fourth-order valence-electron chi connectivity index (χ4n) is 3.16. The van der Waals surface area contributed by atoms with Crippen molar-refractivity contribution in [1.82, 2.24) is 4.90 Å². The van der Waals surface area contributed by atoms with E-state index < -0.39 is 23.2 Å². The number of aliphatic hydroxyl groups is 1. The molecule has 138 valence electrons. The lowest BCUT2D eigenvalue weighted by Gasteiger charge is -2.38. The molecule has 0 atom stereocenters. The minimum Gasteiger partial charge on any atom is -0.385 e. The zero-order chi connectivity index (χ0) is 18.9. The molecular weight excluding hydrogens is 350 g/mol. The van der Waals surface area contributed by atoms with Crippen molar-refractivity contribution in [2.24, 2.45) is 0 Å². The van der Waals surface area contributed by atoms with Gasteiger partial charge in [-0.3, -0.25) is 4.79 Å². The molecule has 3 rings (SSSR count). The SMILES string of the molecule is O=C(c1cccc(F)c1)N1CCC(O)(c2cccc(C(F)(F)F)c2)CC1. The second-order valence-electron chi connectivity index (χ2n) is 6.41. The molecule has 26 heavy (non-hydrogen) atoms. The maximum atomic E-state index is 13.3. The van der Waals surface area contributed by atoms with Gasteiger partial charge in [0.25, 0.3) is 5.91 Å². The molecular formula is C19H17F4NO2. The van der Waals surface area contributed by atoms with E-state index in [-0.39, 0.29) is 43.0 Å². The molecule has 2 aromatic carbocycles. The van der Waals surface area contributed by atoms with Gasteiger partial charge in [-0.2, -0.15) is 13.2 Å².